The van der Waals surface area contributed by atoms with Gasteiger partial charge in [0, 0.05) is 44.5 Å². The van der Waals surface area contributed by atoms with Crippen LogP contribution < -0.4 is 0 Å². The van der Waals surface area contributed by atoms with Gasteiger partial charge in [-0.1, -0.05) is 45.0 Å². The molecule has 7 rings (SSSR count). The van der Waals surface area contributed by atoms with E-state index in [2.05, 4.69) is 30.7 Å². The normalized spacial score (nSPS) is 37.4. The Bertz CT molecular complexity index is 1570. The predicted molar refractivity (Wildman–Crippen MR) is 187 cm³/mol. The summed E-state index contributed by atoms with van der Waals surface area (Å²) in [5.74, 6) is 2.42. The molecule has 5 fully saturated rings. The number of nitrogens with zero attached hydrogens (tertiary/aromatic N) is 4. The van der Waals surface area contributed by atoms with Gasteiger partial charge >= 0.3 is 0 Å². The van der Waals surface area contributed by atoms with Crippen molar-refractivity contribution in [3.05, 3.63) is 42.1 Å². The maximum atomic E-state index is 13.9. The van der Waals surface area contributed by atoms with Gasteiger partial charge in [-0.15, -0.1) is 0 Å². The Morgan fingerprint density at radius 2 is 1.71 bits per heavy atom. The van der Waals surface area contributed by atoms with Crippen LogP contribution in [0.15, 0.2) is 36.4 Å². The largest absolute Gasteiger partial charge is 0.390 e. The van der Waals surface area contributed by atoms with Crippen LogP contribution >= 0.6 is 0 Å². The minimum atomic E-state index is -0.597. The number of aliphatic hydroxyl groups is 1. The summed E-state index contributed by atoms with van der Waals surface area (Å²) >= 11 is 0. The summed E-state index contributed by atoms with van der Waals surface area (Å²) in [5.41, 5.74) is 0.694. The number of ketones is 1. The summed E-state index contributed by atoms with van der Waals surface area (Å²) in [6.45, 7) is 13.8. The Morgan fingerprint density at radius 1 is 0.979 bits per heavy atom. The predicted octanol–water partition coefficient (Wildman–Crippen LogP) is 5.96. The van der Waals surface area contributed by atoms with Crippen LogP contribution in [-0.2, 0) is 9.59 Å². The van der Waals surface area contributed by atoms with Gasteiger partial charge < -0.3 is 14.9 Å². The zero-order valence-corrected chi connectivity index (χ0v) is 29.8. The summed E-state index contributed by atoms with van der Waals surface area (Å²) in [4.78, 5) is 51.9. The van der Waals surface area contributed by atoms with Crippen molar-refractivity contribution in [2.24, 2.45) is 34.5 Å². The van der Waals surface area contributed by atoms with Gasteiger partial charge in [-0.3, -0.25) is 19.3 Å². The van der Waals surface area contributed by atoms with Crippen molar-refractivity contribution in [2.75, 3.05) is 32.7 Å². The SMILES string of the molecule is CCCN(C(=O)c1ccc2ccccc2n1)[C@@H](C)C(=O)N1CCN([C@H]2C[C@@]3(C)C(CC[C@@H]4C3CC[C@@]3(C)C4CC[C@]3(C)O)CC2=O)CC1. The lowest BCUT2D eigenvalue weighted by atomic mass is 9.44. The highest BCUT2D eigenvalue weighted by Gasteiger charge is 2.64. The van der Waals surface area contributed by atoms with E-state index in [9.17, 15) is 19.5 Å². The summed E-state index contributed by atoms with van der Waals surface area (Å²) < 4.78 is 0. The first-order valence-electron chi connectivity index (χ1n) is 18.8. The van der Waals surface area contributed by atoms with Gasteiger partial charge in [0.15, 0.2) is 0 Å². The number of benzene rings is 1. The molecule has 5 aliphatic rings. The fraction of sp³-hybridized carbons (Fsp3) is 0.700. The Morgan fingerprint density at radius 3 is 2.46 bits per heavy atom. The molecule has 8 nitrogen and oxygen atoms in total. The third kappa shape index (κ3) is 5.40. The van der Waals surface area contributed by atoms with E-state index in [1.807, 2.05) is 49.1 Å². The molecule has 0 spiro atoms. The second-order valence-corrected chi connectivity index (χ2v) is 16.7. The lowest BCUT2D eigenvalue weighted by Crippen LogP contribution is -2.62. The number of carbonyl (C=O) groups excluding carboxylic acids is 3. The highest BCUT2D eigenvalue weighted by molar-refractivity contribution is 5.97. The number of amides is 2. The van der Waals surface area contributed by atoms with E-state index in [-0.39, 0.29) is 28.7 Å². The maximum Gasteiger partial charge on any atom is 0.273 e. The Hall–Kier alpha value is -2.84. The van der Waals surface area contributed by atoms with Gasteiger partial charge in [0.2, 0.25) is 5.91 Å². The standard InChI is InChI=1S/C40H56N4O4/c1-6-19-44(37(47)33-14-11-27-9-7-8-10-32(27)41-33)26(2)36(46)43-22-20-42(21-23-43)34-25-38(3)28(24-35(34)45)12-13-29-30(38)15-17-39(4)31(29)16-18-40(39,5)48/h7-11,14,26,28-31,34,48H,6,12-13,15-25H2,1-5H3/t26-,28?,29+,30?,31?,34-,38-,39-,40-/m0/s1. The molecule has 2 heterocycles. The van der Waals surface area contributed by atoms with Gasteiger partial charge in [-0.05, 0) is 112 Å². The lowest BCUT2D eigenvalue weighted by Gasteiger charge is -2.62. The van der Waals surface area contributed by atoms with Crippen LogP contribution in [0.3, 0.4) is 0 Å². The van der Waals surface area contributed by atoms with Gasteiger partial charge in [0.1, 0.15) is 17.5 Å². The fourth-order valence-electron chi connectivity index (χ4n) is 11.4. The first kappa shape index (κ1) is 33.6. The van der Waals surface area contributed by atoms with E-state index < -0.39 is 11.6 Å². The molecule has 4 aliphatic carbocycles. The highest BCUT2D eigenvalue weighted by Crippen LogP contribution is 2.68. The number of rotatable bonds is 6. The minimum Gasteiger partial charge on any atom is -0.390 e. The van der Waals surface area contributed by atoms with Crippen LogP contribution in [0, 0.1) is 34.5 Å². The summed E-state index contributed by atoms with van der Waals surface area (Å²) in [5, 5.41) is 12.3. The second kappa shape index (κ2) is 12.5. The molecule has 1 N–H and O–H groups in total. The molecule has 1 aromatic carbocycles. The number of carbonyl (C=O) groups is 3. The van der Waals surface area contributed by atoms with Crippen LogP contribution in [0.4, 0.5) is 0 Å². The molecule has 0 radical (unpaired) electrons. The smallest absolute Gasteiger partial charge is 0.273 e. The number of hydrogen-bond acceptors (Lipinski definition) is 6. The number of pyridine rings is 1. The molecule has 0 bridgehead atoms. The van der Waals surface area contributed by atoms with Crippen molar-refractivity contribution in [3.63, 3.8) is 0 Å². The average Bonchev–Trinajstić information content (AvgIpc) is 3.34. The number of piperazine rings is 1. The Labute approximate surface area is 286 Å². The van der Waals surface area contributed by atoms with Crippen LogP contribution in [0.5, 0.6) is 0 Å². The number of aromatic nitrogens is 1. The summed E-state index contributed by atoms with van der Waals surface area (Å²) in [6, 6.07) is 10.7. The molecule has 3 unspecified atom stereocenters. The molecule has 4 saturated carbocycles. The minimum absolute atomic E-state index is 0.00453. The van der Waals surface area contributed by atoms with Crippen LogP contribution in [-0.4, -0.2) is 92.8 Å². The van der Waals surface area contributed by atoms with Crippen molar-refractivity contribution < 1.29 is 19.5 Å². The topological polar surface area (TPSA) is 94.1 Å². The zero-order chi connectivity index (χ0) is 34.0. The van der Waals surface area contributed by atoms with Gasteiger partial charge in [0.25, 0.3) is 5.91 Å². The van der Waals surface area contributed by atoms with Gasteiger partial charge in [0.05, 0.1) is 17.2 Å². The fourth-order valence-corrected chi connectivity index (χ4v) is 11.4. The number of hydrogen-bond donors (Lipinski definition) is 1. The van der Waals surface area contributed by atoms with Crippen molar-refractivity contribution in [2.45, 2.75) is 110 Å². The quantitative estimate of drug-likeness (QED) is 0.413. The van der Waals surface area contributed by atoms with E-state index in [0.29, 0.717) is 74.3 Å². The number of fused-ring (bicyclic) bond motifs is 6. The van der Waals surface area contributed by atoms with E-state index in [1.165, 1.54) is 6.42 Å². The first-order chi connectivity index (χ1) is 22.9. The van der Waals surface area contributed by atoms with Gasteiger partial charge in [-0.25, -0.2) is 4.98 Å². The van der Waals surface area contributed by atoms with Crippen LogP contribution in [0.25, 0.3) is 10.9 Å². The van der Waals surface area contributed by atoms with Crippen molar-refractivity contribution in [1.29, 1.82) is 0 Å². The molecular formula is C40H56N4O4. The average molecular weight is 657 g/mol. The Balaban J connectivity index is 1.01. The molecule has 1 saturated heterocycles. The Kier molecular flexibility index (Phi) is 8.75. The monoisotopic (exact) mass is 656 g/mol. The van der Waals surface area contributed by atoms with E-state index in [0.717, 1.165) is 55.8 Å². The number of para-hydroxylation sites is 1. The molecule has 260 valence electrons. The number of Topliss-reactive ketones (excluding diaryl/α,β-unsaturated/α-hetero) is 1. The van der Waals surface area contributed by atoms with E-state index >= 15 is 0 Å². The molecular weight excluding hydrogens is 600 g/mol. The van der Waals surface area contributed by atoms with Gasteiger partial charge in [-0.2, -0.15) is 0 Å². The van der Waals surface area contributed by atoms with Crippen molar-refractivity contribution >= 4 is 28.5 Å². The molecule has 48 heavy (non-hydrogen) atoms. The first-order valence-corrected chi connectivity index (χ1v) is 18.8. The summed E-state index contributed by atoms with van der Waals surface area (Å²) in [6.07, 6.45) is 8.95. The molecule has 1 aromatic heterocycles. The van der Waals surface area contributed by atoms with Crippen LogP contribution in [0.1, 0.15) is 103 Å². The third-order valence-corrected chi connectivity index (χ3v) is 14.5. The van der Waals surface area contributed by atoms with E-state index in [4.69, 9.17) is 0 Å². The lowest BCUT2D eigenvalue weighted by molar-refractivity contribution is -0.162. The zero-order valence-electron chi connectivity index (χ0n) is 29.8. The molecule has 8 heteroatoms. The second-order valence-electron chi connectivity index (χ2n) is 16.7. The molecule has 2 aromatic rings. The van der Waals surface area contributed by atoms with Crippen molar-refractivity contribution in [1.82, 2.24) is 19.7 Å². The molecule has 2 amide bonds. The third-order valence-electron chi connectivity index (χ3n) is 14.5. The van der Waals surface area contributed by atoms with E-state index in [1.54, 1.807) is 11.0 Å². The molecule has 9 atom stereocenters. The summed E-state index contributed by atoms with van der Waals surface area (Å²) in [7, 11) is 0. The maximum absolute atomic E-state index is 13.9. The molecule has 1 aliphatic heterocycles. The van der Waals surface area contributed by atoms with Crippen LogP contribution in [0.2, 0.25) is 0 Å². The highest BCUT2D eigenvalue weighted by atomic mass is 16.3. The van der Waals surface area contributed by atoms with Crippen molar-refractivity contribution in [3.8, 4) is 0 Å².